The number of rotatable bonds is 2. The van der Waals surface area contributed by atoms with Crippen LogP contribution in [0, 0.1) is 0 Å². The average molecular weight is 236 g/mol. The van der Waals surface area contributed by atoms with E-state index in [1.807, 2.05) is 30.3 Å². The zero-order chi connectivity index (χ0) is 10.5. The van der Waals surface area contributed by atoms with Gasteiger partial charge in [0.2, 0.25) is 5.13 Å². The molecule has 15 heavy (non-hydrogen) atoms. The molecule has 0 aliphatic carbocycles. The first-order valence-electron chi connectivity index (χ1n) is 4.24. The normalized spacial score (nSPS) is 9.60. The summed E-state index contributed by atoms with van der Waals surface area (Å²) in [7, 11) is 0. The van der Waals surface area contributed by atoms with Gasteiger partial charge in [0.05, 0.1) is 0 Å². The van der Waals surface area contributed by atoms with Gasteiger partial charge in [0, 0.05) is 5.69 Å². The monoisotopic (exact) mass is 236 g/mol. The Morgan fingerprint density at radius 1 is 1.20 bits per heavy atom. The van der Waals surface area contributed by atoms with Crippen LogP contribution >= 0.6 is 23.6 Å². The fraction of sp³-hybridized carbons (Fsp3) is 0. The van der Waals surface area contributed by atoms with Gasteiger partial charge in [0.1, 0.15) is 5.51 Å². The van der Waals surface area contributed by atoms with E-state index >= 15 is 0 Å². The smallest absolute Gasteiger partial charge is 0.211 e. The summed E-state index contributed by atoms with van der Waals surface area (Å²) in [5.41, 5.74) is 2.59. The summed E-state index contributed by atoms with van der Waals surface area (Å²) >= 11 is 6.50. The van der Waals surface area contributed by atoms with Gasteiger partial charge in [-0.3, -0.25) is 0 Å². The largest absolute Gasteiger partial charge is 0.332 e. The van der Waals surface area contributed by atoms with Gasteiger partial charge in [0.25, 0.3) is 0 Å². The zero-order valence-corrected chi connectivity index (χ0v) is 9.31. The van der Waals surface area contributed by atoms with Crippen LogP contribution in [0.3, 0.4) is 0 Å². The highest BCUT2D eigenvalue weighted by Crippen LogP contribution is 2.10. The minimum absolute atomic E-state index is 0.512. The summed E-state index contributed by atoms with van der Waals surface area (Å²) in [5, 5.41) is 14.7. The number of aromatic nitrogens is 2. The van der Waals surface area contributed by atoms with E-state index in [0.29, 0.717) is 10.2 Å². The number of anilines is 2. The topological polar surface area (TPSA) is 49.8 Å². The predicted molar refractivity (Wildman–Crippen MR) is 66.2 cm³/mol. The summed E-state index contributed by atoms with van der Waals surface area (Å²) in [6.45, 7) is 0. The van der Waals surface area contributed by atoms with Gasteiger partial charge >= 0.3 is 0 Å². The predicted octanol–water partition coefficient (Wildman–Crippen LogP) is 2.35. The lowest BCUT2D eigenvalue weighted by atomic mass is 10.3. The van der Waals surface area contributed by atoms with Crippen LogP contribution in [0.5, 0.6) is 0 Å². The molecular weight excluding hydrogens is 228 g/mol. The fourth-order valence-electron chi connectivity index (χ4n) is 1.01. The summed E-state index contributed by atoms with van der Waals surface area (Å²) in [6.07, 6.45) is 0. The van der Waals surface area contributed by atoms with Crippen LogP contribution in [-0.2, 0) is 0 Å². The SMILES string of the molecule is S=C(Nc1ccccc1)Nc1nncs1. The van der Waals surface area contributed by atoms with Crippen molar-refractivity contribution in [1.29, 1.82) is 0 Å². The molecule has 0 amide bonds. The number of para-hydroxylation sites is 1. The van der Waals surface area contributed by atoms with Crippen LogP contribution in [-0.4, -0.2) is 15.3 Å². The van der Waals surface area contributed by atoms with E-state index in [-0.39, 0.29) is 0 Å². The van der Waals surface area contributed by atoms with E-state index < -0.39 is 0 Å². The van der Waals surface area contributed by atoms with Gasteiger partial charge in [-0.1, -0.05) is 29.5 Å². The molecule has 0 atom stereocenters. The van der Waals surface area contributed by atoms with Crippen molar-refractivity contribution in [2.45, 2.75) is 0 Å². The van der Waals surface area contributed by atoms with Crippen LogP contribution < -0.4 is 10.6 Å². The van der Waals surface area contributed by atoms with Crippen LogP contribution in [0.25, 0.3) is 0 Å². The third-order valence-electron chi connectivity index (χ3n) is 1.61. The second-order valence-electron chi connectivity index (χ2n) is 2.69. The molecule has 2 rings (SSSR count). The van der Waals surface area contributed by atoms with E-state index in [9.17, 15) is 0 Å². The highest BCUT2D eigenvalue weighted by atomic mass is 32.1. The maximum absolute atomic E-state index is 5.10. The molecule has 6 heteroatoms. The quantitative estimate of drug-likeness (QED) is 0.784. The number of benzene rings is 1. The number of nitrogens with zero attached hydrogens (tertiary/aromatic N) is 2. The third-order valence-corrected chi connectivity index (χ3v) is 2.42. The molecule has 1 heterocycles. The first-order chi connectivity index (χ1) is 7.34. The van der Waals surface area contributed by atoms with Crippen LogP contribution in [0.4, 0.5) is 10.8 Å². The molecule has 76 valence electrons. The first kappa shape index (κ1) is 10.0. The lowest BCUT2D eigenvalue weighted by Gasteiger charge is -2.06. The standard InChI is InChI=1S/C9H8N4S2/c14-8(12-9-13-10-6-15-9)11-7-4-2-1-3-5-7/h1-6H,(H2,11,12,13,14). The molecule has 0 radical (unpaired) electrons. The third kappa shape index (κ3) is 2.97. The highest BCUT2D eigenvalue weighted by molar-refractivity contribution is 7.80. The van der Waals surface area contributed by atoms with Crippen molar-refractivity contribution in [3.8, 4) is 0 Å². The number of thiocarbonyl (C=S) groups is 1. The van der Waals surface area contributed by atoms with Gasteiger partial charge in [-0.15, -0.1) is 10.2 Å². The molecule has 0 bridgehead atoms. The van der Waals surface area contributed by atoms with E-state index in [4.69, 9.17) is 12.2 Å². The van der Waals surface area contributed by atoms with Gasteiger partial charge < -0.3 is 10.6 Å². The Kier molecular flexibility index (Phi) is 3.21. The number of nitrogens with one attached hydrogen (secondary N) is 2. The minimum Gasteiger partial charge on any atom is -0.332 e. The van der Waals surface area contributed by atoms with E-state index in [0.717, 1.165) is 5.69 Å². The Morgan fingerprint density at radius 3 is 2.67 bits per heavy atom. The maximum atomic E-state index is 5.10. The summed E-state index contributed by atoms with van der Waals surface area (Å²) in [5.74, 6) is 0. The number of hydrogen-bond acceptors (Lipinski definition) is 4. The molecule has 0 fully saturated rings. The number of hydrogen-bond donors (Lipinski definition) is 2. The van der Waals surface area contributed by atoms with Crippen LogP contribution in [0.1, 0.15) is 0 Å². The van der Waals surface area contributed by atoms with Crippen molar-refractivity contribution in [3.63, 3.8) is 0 Å². The Balaban J connectivity index is 1.94. The van der Waals surface area contributed by atoms with Gasteiger partial charge in [-0.05, 0) is 24.4 Å². The van der Waals surface area contributed by atoms with Gasteiger partial charge in [0.15, 0.2) is 5.11 Å². The molecule has 2 aromatic rings. The summed E-state index contributed by atoms with van der Waals surface area (Å²) < 4.78 is 0. The second kappa shape index (κ2) is 4.81. The summed E-state index contributed by atoms with van der Waals surface area (Å²) in [6, 6.07) is 9.71. The lowest BCUT2D eigenvalue weighted by Crippen LogP contribution is -2.18. The van der Waals surface area contributed by atoms with Crippen molar-refractivity contribution >= 4 is 39.5 Å². The van der Waals surface area contributed by atoms with E-state index in [1.54, 1.807) is 5.51 Å². The lowest BCUT2D eigenvalue weighted by molar-refractivity contribution is 1.10. The van der Waals surface area contributed by atoms with Crippen LogP contribution in [0.15, 0.2) is 35.8 Å². The van der Waals surface area contributed by atoms with Crippen molar-refractivity contribution in [2.24, 2.45) is 0 Å². The highest BCUT2D eigenvalue weighted by Gasteiger charge is 1.99. The van der Waals surface area contributed by atoms with Crippen molar-refractivity contribution in [1.82, 2.24) is 10.2 Å². The molecule has 0 spiro atoms. The molecule has 0 unspecified atom stereocenters. The molecule has 4 nitrogen and oxygen atoms in total. The molecule has 0 saturated heterocycles. The summed E-state index contributed by atoms with van der Waals surface area (Å²) in [4.78, 5) is 0. The molecule has 2 N–H and O–H groups in total. The zero-order valence-electron chi connectivity index (χ0n) is 7.68. The molecule has 1 aromatic carbocycles. The fourth-order valence-corrected chi connectivity index (χ4v) is 1.74. The minimum atomic E-state index is 0.512. The molecule has 1 aromatic heterocycles. The Labute approximate surface area is 96.4 Å². The van der Waals surface area contributed by atoms with Crippen molar-refractivity contribution < 1.29 is 0 Å². The second-order valence-corrected chi connectivity index (χ2v) is 3.93. The maximum Gasteiger partial charge on any atom is 0.211 e. The van der Waals surface area contributed by atoms with E-state index in [2.05, 4.69) is 20.8 Å². The van der Waals surface area contributed by atoms with Crippen molar-refractivity contribution in [2.75, 3.05) is 10.6 Å². The van der Waals surface area contributed by atoms with E-state index in [1.165, 1.54) is 11.3 Å². The van der Waals surface area contributed by atoms with Gasteiger partial charge in [-0.25, -0.2) is 0 Å². The first-order valence-corrected chi connectivity index (χ1v) is 5.52. The Morgan fingerprint density at radius 2 is 2.00 bits per heavy atom. The molecule has 0 aliphatic rings. The molecule has 0 aliphatic heterocycles. The van der Waals surface area contributed by atoms with Gasteiger partial charge in [-0.2, -0.15) is 0 Å². The Bertz CT molecular complexity index is 427. The molecule has 0 saturated carbocycles. The van der Waals surface area contributed by atoms with Crippen molar-refractivity contribution in [3.05, 3.63) is 35.8 Å². The average Bonchev–Trinajstić information content (AvgIpc) is 2.71. The van der Waals surface area contributed by atoms with Crippen LogP contribution in [0.2, 0.25) is 0 Å². The Hall–Kier alpha value is -1.53. The molecular formula is C9H8N4S2.